The van der Waals surface area contributed by atoms with Gasteiger partial charge in [-0.15, -0.1) is 11.8 Å². The van der Waals surface area contributed by atoms with E-state index in [0.29, 0.717) is 5.56 Å². The van der Waals surface area contributed by atoms with Gasteiger partial charge in [-0.1, -0.05) is 24.3 Å². The molecule has 0 heterocycles. The van der Waals surface area contributed by atoms with Gasteiger partial charge in [-0.05, 0) is 29.8 Å². The molecule has 0 aromatic heterocycles. The van der Waals surface area contributed by atoms with E-state index >= 15 is 0 Å². The van der Waals surface area contributed by atoms with Crippen molar-refractivity contribution in [1.29, 1.82) is 0 Å². The Bertz CT molecular complexity index is 552. The maximum Gasteiger partial charge on any atom is 0.336 e. The summed E-state index contributed by atoms with van der Waals surface area (Å²) in [4.78, 5) is 11.8. The molecule has 3 N–H and O–H groups in total. The Morgan fingerprint density at radius 2 is 1.78 bits per heavy atom. The number of nitrogens with two attached hydrogens (primary N) is 1. The standard InChI is InChI=1S/C14H13NO2S/c15-11-7-5-10(6-8-11)9-18-13-4-2-1-3-12(13)14(16)17/h1-8H,9,15H2,(H,16,17). The van der Waals surface area contributed by atoms with E-state index in [1.165, 1.54) is 11.8 Å². The summed E-state index contributed by atoms with van der Waals surface area (Å²) in [7, 11) is 0. The first-order valence-corrected chi connectivity index (χ1v) is 6.45. The molecule has 3 nitrogen and oxygen atoms in total. The number of aromatic carboxylic acids is 1. The highest BCUT2D eigenvalue weighted by Crippen LogP contribution is 2.26. The van der Waals surface area contributed by atoms with Crippen LogP contribution in [0.2, 0.25) is 0 Å². The molecule has 2 aromatic carbocycles. The van der Waals surface area contributed by atoms with Crippen LogP contribution in [0.5, 0.6) is 0 Å². The fourth-order valence-corrected chi connectivity index (χ4v) is 2.54. The van der Waals surface area contributed by atoms with E-state index in [4.69, 9.17) is 10.8 Å². The molecule has 0 saturated carbocycles. The van der Waals surface area contributed by atoms with E-state index in [2.05, 4.69) is 0 Å². The lowest BCUT2D eigenvalue weighted by Crippen LogP contribution is -1.98. The minimum Gasteiger partial charge on any atom is -0.478 e. The SMILES string of the molecule is Nc1ccc(CSc2ccccc2C(=O)O)cc1. The highest BCUT2D eigenvalue weighted by molar-refractivity contribution is 7.98. The second-order valence-electron chi connectivity index (χ2n) is 3.83. The molecule has 0 amide bonds. The van der Waals surface area contributed by atoms with Crippen LogP contribution in [0.3, 0.4) is 0 Å². The Balaban J connectivity index is 2.10. The average Bonchev–Trinajstić information content (AvgIpc) is 2.38. The molecule has 18 heavy (non-hydrogen) atoms. The number of nitrogen functional groups attached to an aromatic ring is 1. The number of hydrogen-bond donors (Lipinski definition) is 2. The van der Waals surface area contributed by atoms with Crippen LogP contribution in [-0.4, -0.2) is 11.1 Å². The Labute approximate surface area is 110 Å². The van der Waals surface area contributed by atoms with Crippen molar-refractivity contribution < 1.29 is 9.90 Å². The molecule has 0 atom stereocenters. The summed E-state index contributed by atoms with van der Waals surface area (Å²) in [6.45, 7) is 0. The van der Waals surface area contributed by atoms with Crippen molar-refractivity contribution in [3.63, 3.8) is 0 Å². The number of anilines is 1. The van der Waals surface area contributed by atoms with Gasteiger partial charge < -0.3 is 10.8 Å². The highest BCUT2D eigenvalue weighted by atomic mass is 32.2. The number of benzene rings is 2. The third kappa shape index (κ3) is 3.05. The first kappa shape index (κ1) is 12.5. The van der Waals surface area contributed by atoms with Crippen LogP contribution in [-0.2, 0) is 5.75 Å². The molecule has 0 unspecified atom stereocenters. The quantitative estimate of drug-likeness (QED) is 0.653. The monoisotopic (exact) mass is 259 g/mol. The zero-order chi connectivity index (χ0) is 13.0. The van der Waals surface area contributed by atoms with Gasteiger partial charge in [-0.25, -0.2) is 4.79 Å². The van der Waals surface area contributed by atoms with Gasteiger partial charge in [0.15, 0.2) is 0 Å². The second kappa shape index (κ2) is 5.60. The predicted molar refractivity (Wildman–Crippen MR) is 73.8 cm³/mol. The van der Waals surface area contributed by atoms with Gasteiger partial charge in [-0.2, -0.15) is 0 Å². The van der Waals surface area contributed by atoms with Gasteiger partial charge in [-0.3, -0.25) is 0 Å². The fraction of sp³-hybridized carbons (Fsp3) is 0.0714. The number of carboxylic acids is 1. The Morgan fingerprint density at radius 1 is 1.11 bits per heavy atom. The van der Waals surface area contributed by atoms with Crippen molar-refractivity contribution in [3.8, 4) is 0 Å². The van der Waals surface area contributed by atoms with Crippen LogP contribution in [0.1, 0.15) is 15.9 Å². The van der Waals surface area contributed by atoms with Gasteiger partial charge in [0.1, 0.15) is 0 Å². The Morgan fingerprint density at radius 3 is 2.44 bits per heavy atom. The first-order chi connectivity index (χ1) is 8.66. The molecule has 0 aliphatic heterocycles. The van der Waals surface area contributed by atoms with E-state index in [1.807, 2.05) is 36.4 Å². The van der Waals surface area contributed by atoms with Crippen LogP contribution in [0.25, 0.3) is 0 Å². The van der Waals surface area contributed by atoms with E-state index in [9.17, 15) is 4.79 Å². The number of thioether (sulfide) groups is 1. The maximum atomic E-state index is 11.0. The summed E-state index contributed by atoms with van der Waals surface area (Å²) >= 11 is 1.51. The second-order valence-corrected chi connectivity index (χ2v) is 4.85. The summed E-state index contributed by atoms with van der Waals surface area (Å²) in [6.07, 6.45) is 0. The van der Waals surface area contributed by atoms with Crippen LogP contribution >= 0.6 is 11.8 Å². The number of rotatable bonds is 4. The molecule has 0 aliphatic rings. The van der Waals surface area contributed by atoms with Crippen molar-refractivity contribution >= 4 is 23.4 Å². The maximum absolute atomic E-state index is 11.0. The van der Waals surface area contributed by atoms with Crippen LogP contribution in [0.15, 0.2) is 53.4 Å². The predicted octanol–water partition coefficient (Wildman–Crippen LogP) is 3.26. The normalized spacial score (nSPS) is 10.2. The van der Waals surface area contributed by atoms with Crippen molar-refractivity contribution in [2.45, 2.75) is 10.6 Å². The van der Waals surface area contributed by atoms with Gasteiger partial charge in [0.25, 0.3) is 0 Å². The molecular weight excluding hydrogens is 246 g/mol. The van der Waals surface area contributed by atoms with Crippen LogP contribution in [0.4, 0.5) is 5.69 Å². The number of carboxylic acid groups (broad SMARTS) is 1. The minimum absolute atomic E-state index is 0.345. The highest BCUT2D eigenvalue weighted by Gasteiger charge is 2.09. The van der Waals surface area contributed by atoms with Crippen LogP contribution < -0.4 is 5.73 Å². The summed E-state index contributed by atoms with van der Waals surface area (Å²) in [5, 5.41) is 9.07. The third-order valence-electron chi connectivity index (χ3n) is 2.49. The van der Waals surface area contributed by atoms with Gasteiger partial charge in [0, 0.05) is 16.3 Å². The Hall–Kier alpha value is -1.94. The lowest BCUT2D eigenvalue weighted by atomic mass is 10.2. The van der Waals surface area contributed by atoms with E-state index < -0.39 is 5.97 Å². The van der Waals surface area contributed by atoms with Crippen LogP contribution in [0, 0.1) is 0 Å². The zero-order valence-electron chi connectivity index (χ0n) is 9.67. The summed E-state index contributed by atoms with van der Waals surface area (Å²) < 4.78 is 0. The van der Waals surface area contributed by atoms with Crippen molar-refractivity contribution in [2.75, 3.05) is 5.73 Å². The molecule has 4 heteroatoms. The molecule has 92 valence electrons. The van der Waals surface area contributed by atoms with Gasteiger partial charge >= 0.3 is 5.97 Å². The van der Waals surface area contributed by atoms with Crippen molar-refractivity contribution in [3.05, 3.63) is 59.7 Å². The van der Waals surface area contributed by atoms with E-state index in [0.717, 1.165) is 21.9 Å². The lowest BCUT2D eigenvalue weighted by Gasteiger charge is -2.05. The zero-order valence-corrected chi connectivity index (χ0v) is 10.5. The topological polar surface area (TPSA) is 63.3 Å². The van der Waals surface area contributed by atoms with Gasteiger partial charge in [0.2, 0.25) is 0 Å². The van der Waals surface area contributed by atoms with Gasteiger partial charge in [0.05, 0.1) is 5.56 Å². The minimum atomic E-state index is -0.893. The molecule has 0 spiro atoms. The first-order valence-electron chi connectivity index (χ1n) is 5.46. The lowest BCUT2D eigenvalue weighted by molar-refractivity contribution is 0.0693. The summed E-state index contributed by atoms with van der Waals surface area (Å²) in [5.74, 6) is -0.166. The summed E-state index contributed by atoms with van der Waals surface area (Å²) in [5.41, 5.74) is 7.81. The molecule has 2 rings (SSSR count). The van der Waals surface area contributed by atoms with E-state index in [1.54, 1.807) is 12.1 Å². The number of carbonyl (C=O) groups is 1. The fourth-order valence-electron chi connectivity index (χ4n) is 1.54. The smallest absolute Gasteiger partial charge is 0.336 e. The van der Waals surface area contributed by atoms with Crippen molar-refractivity contribution in [1.82, 2.24) is 0 Å². The molecule has 0 bridgehead atoms. The molecule has 0 aliphatic carbocycles. The molecule has 2 aromatic rings. The largest absolute Gasteiger partial charge is 0.478 e. The molecular formula is C14H13NO2S. The summed E-state index contributed by atoms with van der Waals surface area (Å²) in [6, 6.07) is 14.6. The number of hydrogen-bond acceptors (Lipinski definition) is 3. The molecule has 0 radical (unpaired) electrons. The average molecular weight is 259 g/mol. The Kier molecular flexibility index (Phi) is 3.89. The molecule has 0 fully saturated rings. The molecule has 0 saturated heterocycles. The third-order valence-corrected chi connectivity index (χ3v) is 3.64. The van der Waals surface area contributed by atoms with E-state index in [-0.39, 0.29) is 0 Å². The van der Waals surface area contributed by atoms with Crippen molar-refractivity contribution in [2.24, 2.45) is 0 Å².